The molecule has 132 valence electrons. The van der Waals surface area contributed by atoms with E-state index in [1.54, 1.807) is 12.1 Å². The summed E-state index contributed by atoms with van der Waals surface area (Å²) in [4.78, 5) is 12.5. The van der Waals surface area contributed by atoms with Crippen LogP contribution in [0.5, 0.6) is 0 Å². The molecule has 2 fully saturated rings. The SMILES string of the molecule is O=C(N[C@@H]1CCC[C@H]1c1ccccc1C(F)(F)F)C1CCNCC1. The molecule has 2 atom stereocenters. The molecular weight excluding hydrogens is 317 g/mol. The summed E-state index contributed by atoms with van der Waals surface area (Å²) in [5.41, 5.74) is -0.254. The molecule has 3 rings (SSSR count). The van der Waals surface area contributed by atoms with E-state index in [-0.39, 0.29) is 23.8 Å². The fraction of sp³-hybridized carbons (Fsp3) is 0.611. The second-order valence-electron chi connectivity index (χ2n) is 6.76. The minimum atomic E-state index is -4.36. The van der Waals surface area contributed by atoms with Crippen molar-refractivity contribution < 1.29 is 18.0 Å². The Morgan fingerprint density at radius 3 is 2.50 bits per heavy atom. The molecular formula is C18H23F3N2O. The van der Waals surface area contributed by atoms with Crippen LogP contribution in [0.4, 0.5) is 13.2 Å². The van der Waals surface area contributed by atoms with Crippen LogP contribution in [0.3, 0.4) is 0 Å². The van der Waals surface area contributed by atoms with Crippen LogP contribution in [0.15, 0.2) is 24.3 Å². The van der Waals surface area contributed by atoms with E-state index < -0.39 is 11.7 Å². The van der Waals surface area contributed by atoms with Crippen molar-refractivity contribution in [2.45, 2.75) is 50.2 Å². The molecule has 0 bridgehead atoms. The number of halogens is 3. The van der Waals surface area contributed by atoms with Gasteiger partial charge in [0.1, 0.15) is 0 Å². The molecule has 1 heterocycles. The standard InChI is InChI=1S/C18H23F3N2O/c19-18(20,21)15-6-2-1-4-13(15)14-5-3-7-16(14)23-17(24)12-8-10-22-11-9-12/h1-2,4,6,12,14,16,22H,3,5,7-11H2,(H,23,24)/t14-,16+/m0/s1. The van der Waals surface area contributed by atoms with Gasteiger partial charge in [-0.25, -0.2) is 0 Å². The van der Waals surface area contributed by atoms with Gasteiger partial charge in [-0.05, 0) is 50.4 Å². The number of carbonyl (C=O) groups excluding carboxylic acids is 1. The Kier molecular flexibility index (Phi) is 5.13. The van der Waals surface area contributed by atoms with Gasteiger partial charge in [-0.15, -0.1) is 0 Å². The van der Waals surface area contributed by atoms with Gasteiger partial charge in [0.15, 0.2) is 0 Å². The monoisotopic (exact) mass is 340 g/mol. The third kappa shape index (κ3) is 3.74. The predicted molar refractivity (Wildman–Crippen MR) is 85.6 cm³/mol. The summed E-state index contributed by atoms with van der Waals surface area (Å²) in [5, 5.41) is 6.26. The maximum absolute atomic E-state index is 13.3. The van der Waals surface area contributed by atoms with Crippen LogP contribution >= 0.6 is 0 Å². The van der Waals surface area contributed by atoms with Crippen LogP contribution in [-0.2, 0) is 11.0 Å². The van der Waals surface area contributed by atoms with Gasteiger partial charge < -0.3 is 10.6 Å². The Hall–Kier alpha value is -1.56. The number of amides is 1. The first kappa shape index (κ1) is 17.3. The van der Waals surface area contributed by atoms with Gasteiger partial charge in [-0.3, -0.25) is 4.79 Å². The zero-order valence-corrected chi connectivity index (χ0v) is 13.5. The molecule has 1 saturated heterocycles. The van der Waals surface area contributed by atoms with Crippen molar-refractivity contribution in [1.82, 2.24) is 10.6 Å². The number of alkyl halides is 3. The number of nitrogens with one attached hydrogen (secondary N) is 2. The fourth-order valence-electron chi connectivity index (χ4n) is 3.97. The van der Waals surface area contributed by atoms with E-state index in [9.17, 15) is 18.0 Å². The van der Waals surface area contributed by atoms with Crippen molar-refractivity contribution in [3.05, 3.63) is 35.4 Å². The normalized spacial score (nSPS) is 25.6. The first-order valence-corrected chi connectivity index (χ1v) is 8.64. The molecule has 1 saturated carbocycles. The Balaban J connectivity index is 1.75. The molecule has 1 aromatic rings. The largest absolute Gasteiger partial charge is 0.416 e. The third-order valence-electron chi connectivity index (χ3n) is 5.22. The molecule has 0 aromatic heterocycles. The van der Waals surface area contributed by atoms with E-state index in [4.69, 9.17) is 0 Å². The molecule has 0 radical (unpaired) electrons. The number of carbonyl (C=O) groups is 1. The first-order valence-electron chi connectivity index (χ1n) is 8.64. The van der Waals surface area contributed by atoms with Crippen LogP contribution in [0.2, 0.25) is 0 Å². The topological polar surface area (TPSA) is 41.1 Å². The third-order valence-corrected chi connectivity index (χ3v) is 5.22. The second-order valence-corrected chi connectivity index (χ2v) is 6.76. The van der Waals surface area contributed by atoms with Crippen LogP contribution in [-0.4, -0.2) is 25.0 Å². The lowest BCUT2D eigenvalue weighted by atomic mass is 9.89. The summed E-state index contributed by atoms with van der Waals surface area (Å²) in [6.45, 7) is 1.65. The van der Waals surface area contributed by atoms with Crippen molar-refractivity contribution in [3.8, 4) is 0 Å². The van der Waals surface area contributed by atoms with Crippen molar-refractivity contribution in [2.75, 3.05) is 13.1 Å². The summed E-state index contributed by atoms with van der Waals surface area (Å²) in [6, 6.07) is 5.57. The van der Waals surface area contributed by atoms with Crippen LogP contribution in [0, 0.1) is 5.92 Å². The Morgan fingerprint density at radius 2 is 1.79 bits per heavy atom. The highest BCUT2D eigenvalue weighted by molar-refractivity contribution is 5.79. The van der Waals surface area contributed by atoms with Gasteiger partial charge in [-0.1, -0.05) is 24.6 Å². The minimum absolute atomic E-state index is 0.00195. The Morgan fingerprint density at radius 1 is 1.08 bits per heavy atom. The second kappa shape index (κ2) is 7.13. The smallest absolute Gasteiger partial charge is 0.353 e. The van der Waals surface area contributed by atoms with Gasteiger partial charge in [-0.2, -0.15) is 13.2 Å². The summed E-state index contributed by atoms with van der Waals surface area (Å²) in [7, 11) is 0. The molecule has 0 spiro atoms. The average molecular weight is 340 g/mol. The maximum atomic E-state index is 13.3. The number of hydrogen-bond donors (Lipinski definition) is 2. The molecule has 1 aliphatic heterocycles. The summed E-state index contributed by atoms with van der Waals surface area (Å²) < 4.78 is 39.9. The van der Waals surface area contributed by atoms with E-state index in [0.29, 0.717) is 12.0 Å². The Labute approximate surface area is 140 Å². The number of piperidine rings is 1. The summed E-state index contributed by atoms with van der Waals surface area (Å²) >= 11 is 0. The van der Waals surface area contributed by atoms with Gasteiger partial charge >= 0.3 is 6.18 Å². The molecule has 2 aliphatic rings. The Bertz CT molecular complexity index is 582. The highest BCUT2D eigenvalue weighted by Crippen LogP contribution is 2.41. The lowest BCUT2D eigenvalue weighted by molar-refractivity contribution is -0.138. The minimum Gasteiger partial charge on any atom is -0.353 e. The van der Waals surface area contributed by atoms with Gasteiger partial charge in [0, 0.05) is 17.9 Å². The fourth-order valence-corrected chi connectivity index (χ4v) is 3.97. The molecule has 1 amide bonds. The zero-order chi connectivity index (χ0) is 17.2. The van der Waals surface area contributed by atoms with Gasteiger partial charge in [0.05, 0.1) is 5.56 Å². The molecule has 6 heteroatoms. The molecule has 2 N–H and O–H groups in total. The molecule has 0 unspecified atom stereocenters. The number of rotatable bonds is 3. The molecule has 24 heavy (non-hydrogen) atoms. The van der Waals surface area contributed by atoms with E-state index in [1.165, 1.54) is 6.07 Å². The van der Waals surface area contributed by atoms with E-state index in [1.807, 2.05) is 0 Å². The van der Waals surface area contributed by atoms with Crippen LogP contribution in [0.1, 0.15) is 49.1 Å². The predicted octanol–water partition coefficient (Wildman–Crippen LogP) is 3.46. The van der Waals surface area contributed by atoms with E-state index >= 15 is 0 Å². The van der Waals surface area contributed by atoms with Gasteiger partial charge in [0.25, 0.3) is 0 Å². The molecule has 1 aromatic carbocycles. The van der Waals surface area contributed by atoms with Crippen molar-refractivity contribution in [2.24, 2.45) is 5.92 Å². The molecule has 1 aliphatic carbocycles. The quantitative estimate of drug-likeness (QED) is 0.885. The van der Waals surface area contributed by atoms with Crippen molar-refractivity contribution >= 4 is 5.91 Å². The average Bonchev–Trinajstić information content (AvgIpc) is 3.03. The van der Waals surface area contributed by atoms with Crippen molar-refractivity contribution in [1.29, 1.82) is 0 Å². The summed E-state index contributed by atoms with van der Waals surface area (Å²) in [6.07, 6.45) is -0.501. The number of hydrogen-bond acceptors (Lipinski definition) is 2. The van der Waals surface area contributed by atoms with Crippen LogP contribution in [0.25, 0.3) is 0 Å². The number of benzene rings is 1. The van der Waals surface area contributed by atoms with E-state index in [0.717, 1.165) is 44.8 Å². The summed E-state index contributed by atoms with van der Waals surface area (Å²) in [5.74, 6) is -0.281. The van der Waals surface area contributed by atoms with Crippen molar-refractivity contribution in [3.63, 3.8) is 0 Å². The highest BCUT2D eigenvalue weighted by Gasteiger charge is 2.39. The van der Waals surface area contributed by atoms with E-state index in [2.05, 4.69) is 10.6 Å². The highest BCUT2D eigenvalue weighted by atomic mass is 19.4. The lowest BCUT2D eigenvalue weighted by Crippen LogP contribution is -2.43. The van der Waals surface area contributed by atoms with Crippen LogP contribution < -0.4 is 10.6 Å². The zero-order valence-electron chi connectivity index (χ0n) is 13.5. The maximum Gasteiger partial charge on any atom is 0.416 e. The molecule has 3 nitrogen and oxygen atoms in total. The van der Waals surface area contributed by atoms with Gasteiger partial charge in [0.2, 0.25) is 5.91 Å². The first-order chi connectivity index (χ1) is 11.5. The lowest BCUT2D eigenvalue weighted by Gasteiger charge is -2.28.